The van der Waals surface area contributed by atoms with Crippen molar-refractivity contribution < 1.29 is 18.3 Å². The molecular weight excluding hydrogens is 258 g/mol. The molecule has 100 valence electrons. The molecule has 0 saturated carbocycles. The van der Waals surface area contributed by atoms with E-state index in [0.717, 1.165) is 6.26 Å². The Balaban J connectivity index is 2.90. The van der Waals surface area contributed by atoms with Gasteiger partial charge in [0, 0.05) is 19.8 Å². The lowest BCUT2D eigenvalue weighted by Crippen LogP contribution is -2.26. The average Bonchev–Trinajstić information content (AvgIpc) is 2.25. The number of hydrogen-bond donors (Lipinski definition) is 2. The highest BCUT2D eigenvalue weighted by atomic mass is 32.2. The maximum absolute atomic E-state index is 11.0. The van der Waals surface area contributed by atoms with E-state index in [1.54, 1.807) is 11.9 Å². The van der Waals surface area contributed by atoms with Gasteiger partial charge in [-0.2, -0.15) is 0 Å². The van der Waals surface area contributed by atoms with Gasteiger partial charge >= 0.3 is 5.97 Å². The molecule has 0 spiro atoms. The van der Waals surface area contributed by atoms with Gasteiger partial charge in [-0.3, -0.25) is 0 Å². The first-order valence-electron chi connectivity index (χ1n) is 5.08. The highest BCUT2D eigenvalue weighted by molar-refractivity contribution is 7.90. The third-order valence-corrected chi connectivity index (χ3v) is 3.26. The molecule has 1 heterocycles. The zero-order valence-corrected chi connectivity index (χ0v) is 10.9. The maximum Gasteiger partial charge on any atom is 0.337 e. The molecule has 0 aromatic carbocycles. The molecular formula is C10H15N3O4S. The Bertz CT molecular complexity index is 556. The van der Waals surface area contributed by atoms with Crippen molar-refractivity contribution in [3.05, 3.63) is 17.8 Å². The molecule has 1 rings (SSSR count). The van der Waals surface area contributed by atoms with Crippen molar-refractivity contribution in [1.29, 1.82) is 0 Å². The van der Waals surface area contributed by atoms with E-state index >= 15 is 0 Å². The smallest absolute Gasteiger partial charge is 0.337 e. The highest BCUT2D eigenvalue weighted by Crippen LogP contribution is 2.17. The van der Waals surface area contributed by atoms with Crippen LogP contribution in [0.5, 0.6) is 0 Å². The van der Waals surface area contributed by atoms with E-state index in [0.29, 0.717) is 5.82 Å². The second kappa shape index (κ2) is 5.21. The Morgan fingerprint density at radius 3 is 2.67 bits per heavy atom. The molecule has 7 nitrogen and oxygen atoms in total. The number of carbonyl (C=O) groups is 1. The van der Waals surface area contributed by atoms with Gasteiger partial charge in [-0.05, 0) is 6.07 Å². The molecule has 1 aromatic heterocycles. The van der Waals surface area contributed by atoms with Crippen LogP contribution in [0, 0.1) is 0 Å². The third-order valence-electron chi connectivity index (χ3n) is 2.34. The van der Waals surface area contributed by atoms with E-state index < -0.39 is 15.8 Å². The predicted molar refractivity (Wildman–Crippen MR) is 68.6 cm³/mol. The minimum Gasteiger partial charge on any atom is -0.478 e. The number of aromatic carboxylic acids is 1. The van der Waals surface area contributed by atoms with E-state index in [-0.39, 0.29) is 23.5 Å². The number of nitrogens with two attached hydrogens (primary N) is 1. The lowest BCUT2D eigenvalue weighted by Gasteiger charge is -2.18. The number of nitrogen functional groups attached to an aromatic ring is 1. The molecule has 0 amide bonds. The number of sulfone groups is 1. The summed E-state index contributed by atoms with van der Waals surface area (Å²) in [6, 6.07) is 1.32. The highest BCUT2D eigenvalue weighted by Gasteiger charge is 2.13. The second-order valence-corrected chi connectivity index (χ2v) is 6.25. The number of hydrogen-bond acceptors (Lipinski definition) is 6. The number of aromatic nitrogens is 1. The van der Waals surface area contributed by atoms with Gasteiger partial charge < -0.3 is 15.7 Å². The van der Waals surface area contributed by atoms with Crippen LogP contribution in [-0.4, -0.2) is 50.1 Å². The van der Waals surface area contributed by atoms with Crippen LogP contribution in [0.1, 0.15) is 10.4 Å². The van der Waals surface area contributed by atoms with Crippen molar-refractivity contribution in [3.8, 4) is 0 Å². The normalized spacial score (nSPS) is 11.2. The van der Waals surface area contributed by atoms with E-state index in [9.17, 15) is 13.2 Å². The molecule has 0 unspecified atom stereocenters. The van der Waals surface area contributed by atoms with Gasteiger partial charge in [0.1, 0.15) is 15.7 Å². The predicted octanol–water partition coefficient (Wildman–Crippen LogP) is -0.157. The van der Waals surface area contributed by atoms with Crippen molar-refractivity contribution in [2.75, 3.05) is 36.2 Å². The summed E-state index contributed by atoms with van der Waals surface area (Å²) in [5.41, 5.74) is 5.50. The molecule has 0 fully saturated rings. The van der Waals surface area contributed by atoms with Crippen LogP contribution in [0.3, 0.4) is 0 Å². The van der Waals surface area contributed by atoms with Crippen LogP contribution in [0.25, 0.3) is 0 Å². The summed E-state index contributed by atoms with van der Waals surface area (Å²) in [6.45, 7) is 0.231. The van der Waals surface area contributed by atoms with Gasteiger partial charge in [-0.25, -0.2) is 18.2 Å². The van der Waals surface area contributed by atoms with E-state index in [2.05, 4.69) is 4.98 Å². The summed E-state index contributed by atoms with van der Waals surface area (Å²) in [7, 11) is -1.44. The number of carboxylic acids is 1. The largest absolute Gasteiger partial charge is 0.478 e. The Kier molecular flexibility index (Phi) is 4.12. The average molecular weight is 273 g/mol. The Morgan fingerprint density at radius 1 is 1.56 bits per heavy atom. The number of pyridine rings is 1. The first-order chi connectivity index (χ1) is 8.20. The standard InChI is InChI=1S/C10H15N3O4S/c1-13(3-4-18(2,16)17)9-5-7(10(14)15)8(11)6-12-9/h5-6H,3-4,11H2,1-2H3,(H,14,15). The minimum atomic E-state index is -3.07. The zero-order chi connectivity index (χ0) is 13.9. The first kappa shape index (κ1) is 14.2. The van der Waals surface area contributed by atoms with E-state index in [1.807, 2.05) is 0 Å². The molecule has 0 atom stereocenters. The minimum absolute atomic E-state index is 0.0298. The second-order valence-electron chi connectivity index (χ2n) is 3.99. The Hall–Kier alpha value is -1.83. The summed E-state index contributed by atoms with van der Waals surface area (Å²) in [5.74, 6) is -0.810. The number of carboxylic acid groups (broad SMARTS) is 1. The van der Waals surface area contributed by atoms with Gasteiger partial charge in [-0.1, -0.05) is 0 Å². The van der Waals surface area contributed by atoms with Crippen molar-refractivity contribution >= 4 is 27.3 Å². The lowest BCUT2D eigenvalue weighted by molar-refractivity contribution is 0.0698. The molecule has 1 aromatic rings. The van der Waals surface area contributed by atoms with Gasteiger partial charge in [0.25, 0.3) is 0 Å². The maximum atomic E-state index is 11.0. The fourth-order valence-electron chi connectivity index (χ4n) is 1.27. The molecule has 0 aliphatic carbocycles. The summed E-state index contributed by atoms with van der Waals surface area (Å²) < 4.78 is 22.1. The van der Waals surface area contributed by atoms with Gasteiger partial charge in [0.2, 0.25) is 0 Å². The van der Waals surface area contributed by atoms with Gasteiger partial charge in [0.15, 0.2) is 0 Å². The van der Waals surface area contributed by atoms with Gasteiger partial charge in [-0.15, -0.1) is 0 Å². The molecule has 0 radical (unpaired) electrons. The monoisotopic (exact) mass is 273 g/mol. The Morgan fingerprint density at radius 2 is 2.17 bits per heavy atom. The number of rotatable bonds is 5. The van der Waals surface area contributed by atoms with Crippen LogP contribution >= 0.6 is 0 Å². The molecule has 3 N–H and O–H groups in total. The first-order valence-corrected chi connectivity index (χ1v) is 7.14. The Labute approximate surface area is 105 Å². The number of anilines is 2. The van der Waals surface area contributed by atoms with Crippen molar-refractivity contribution in [2.24, 2.45) is 0 Å². The summed E-state index contributed by atoms with van der Waals surface area (Å²) in [5, 5.41) is 8.91. The molecule has 8 heteroatoms. The summed E-state index contributed by atoms with van der Waals surface area (Å²) in [4.78, 5) is 16.4. The fraction of sp³-hybridized carbons (Fsp3) is 0.400. The van der Waals surface area contributed by atoms with Crippen LogP contribution in [0.2, 0.25) is 0 Å². The zero-order valence-electron chi connectivity index (χ0n) is 10.1. The topological polar surface area (TPSA) is 114 Å². The molecule has 18 heavy (non-hydrogen) atoms. The van der Waals surface area contributed by atoms with Crippen molar-refractivity contribution in [3.63, 3.8) is 0 Å². The molecule has 0 saturated heterocycles. The van der Waals surface area contributed by atoms with Crippen LogP contribution in [0.15, 0.2) is 12.3 Å². The number of nitrogens with zero attached hydrogens (tertiary/aromatic N) is 2. The van der Waals surface area contributed by atoms with Crippen LogP contribution < -0.4 is 10.6 Å². The SMILES string of the molecule is CN(CCS(C)(=O)=O)c1cc(C(=O)O)c(N)cn1. The molecule has 0 aliphatic rings. The van der Waals surface area contributed by atoms with Crippen molar-refractivity contribution in [2.45, 2.75) is 0 Å². The molecule has 0 aliphatic heterocycles. The molecule has 0 bridgehead atoms. The lowest BCUT2D eigenvalue weighted by atomic mass is 10.2. The fourth-order valence-corrected chi connectivity index (χ4v) is 1.87. The van der Waals surface area contributed by atoms with Crippen LogP contribution in [0.4, 0.5) is 11.5 Å². The summed E-state index contributed by atoms with van der Waals surface area (Å²) >= 11 is 0. The van der Waals surface area contributed by atoms with Crippen molar-refractivity contribution in [1.82, 2.24) is 4.98 Å². The third kappa shape index (κ3) is 3.88. The van der Waals surface area contributed by atoms with E-state index in [4.69, 9.17) is 10.8 Å². The van der Waals surface area contributed by atoms with Gasteiger partial charge in [0.05, 0.1) is 23.2 Å². The summed E-state index contributed by atoms with van der Waals surface area (Å²) in [6.07, 6.45) is 2.38. The van der Waals surface area contributed by atoms with Crippen LogP contribution in [-0.2, 0) is 9.84 Å². The quantitative estimate of drug-likeness (QED) is 0.766. The van der Waals surface area contributed by atoms with E-state index in [1.165, 1.54) is 12.3 Å².